The van der Waals surface area contributed by atoms with E-state index in [4.69, 9.17) is 11.6 Å². The molecule has 2 N–H and O–H groups in total. The molecule has 0 aromatic heterocycles. The lowest BCUT2D eigenvalue weighted by Crippen LogP contribution is -2.36. The molecule has 5 nitrogen and oxygen atoms in total. The average Bonchev–Trinajstić information content (AvgIpc) is 2.69. The number of urea groups is 1. The second-order valence-electron chi connectivity index (χ2n) is 7.31. The highest BCUT2D eigenvalue weighted by Crippen LogP contribution is 2.15. The number of halogens is 1. The number of likely N-dealkylation sites (N-methyl/N-ethyl adjacent to an activating group) is 1. The van der Waals surface area contributed by atoms with Crippen LogP contribution in [0.4, 0.5) is 10.5 Å². The van der Waals surface area contributed by atoms with Crippen LogP contribution in [-0.4, -0.2) is 29.8 Å². The van der Waals surface area contributed by atoms with Crippen LogP contribution in [0.25, 0.3) is 0 Å². The highest BCUT2D eigenvalue weighted by atomic mass is 35.5. The number of nitrogens with one attached hydrogen (secondary N) is 2. The van der Waals surface area contributed by atoms with E-state index < -0.39 is 0 Å². The summed E-state index contributed by atoms with van der Waals surface area (Å²) < 4.78 is 0. The third kappa shape index (κ3) is 7.87. The molecule has 0 heterocycles. The van der Waals surface area contributed by atoms with Crippen LogP contribution >= 0.6 is 11.6 Å². The monoisotopic (exact) mass is 415 g/mol. The van der Waals surface area contributed by atoms with Gasteiger partial charge >= 0.3 is 6.03 Å². The largest absolute Gasteiger partial charge is 0.334 e. The highest BCUT2D eigenvalue weighted by molar-refractivity contribution is 6.30. The van der Waals surface area contributed by atoms with Crippen LogP contribution < -0.4 is 10.6 Å². The molecule has 29 heavy (non-hydrogen) atoms. The van der Waals surface area contributed by atoms with Crippen LogP contribution in [0.1, 0.15) is 44.2 Å². The Morgan fingerprint density at radius 1 is 1.03 bits per heavy atom. The zero-order valence-electron chi connectivity index (χ0n) is 17.4. The maximum Gasteiger partial charge on any atom is 0.319 e. The van der Waals surface area contributed by atoms with Gasteiger partial charge in [0, 0.05) is 23.8 Å². The fraction of sp³-hybridized carbons (Fsp3) is 0.391. The molecule has 0 spiro atoms. The average molecular weight is 416 g/mol. The van der Waals surface area contributed by atoms with Crippen molar-refractivity contribution in [2.45, 2.75) is 52.2 Å². The number of ketones is 1. The van der Waals surface area contributed by atoms with Crippen molar-refractivity contribution in [3.8, 4) is 0 Å². The van der Waals surface area contributed by atoms with Crippen LogP contribution in [-0.2, 0) is 17.9 Å². The highest BCUT2D eigenvalue weighted by Gasteiger charge is 2.19. The van der Waals surface area contributed by atoms with Gasteiger partial charge in [0.05, 0.1) is 6.04 Å². The summed E-state index contributed by atoms with van der Waals surface area (Å²) in [5, 5.41) is 6.32. The molecule has 0 aliphatic carbocycles. The number of Topliss-reactive ketones (excluding diaryl/α,β-unsaturated/α-hetero) is 1. The maximum atomic E-state index is 12.1. The lowest BCUT2D eigenvalue weighted by atomic mass is 10.0. The first-order valence-electron chi connectivity index (χ1n) is 9.98. The van der Waals surface area contributed by atoms with Crippen molar-refractivity contribution in [2.24, 2.45) is 0 Å². The van der Waals surface area contributed by atoms with Gasteiger partial charge in [0.15, 0.2) is 0 Å². The number of carbonyl (C=O) groups is 2. The predicted molar refractivity (Wildman–Crippen MR) is 119 cm³/mol. The molecule has 0 bridgehead atoms. The maximum absolute atomic E-state index is 12.1. The number of rotatable bonds is 10. The second-order valence-corrected chi connectivity index (χ2v) is 7.75. The van der Waals surface area contributed by atoms with E-state index in [9.17, 15) is 9.59 Å². The van der Waals surface area contributed by atoms with Crippen LogP contribution in [0, 0.1) is 0 Å². The number of nitrogens with zero attached hydrogens (tertiary/aromatic N) is 1. The van der Waals surface area contributed by atoms with Gasteiger partial charge in [0.25, 0.3) is 0 Å². The minimum Gasteiger partial charge on any atom is -0.334 e. The van der Waals surface area contributed by atoms with Crippen molar-refractivity contribution in [1.29, 1.82) is 0 Å². The van der Waals surface area contributed by atoms with Crippen LogP contribution in [0.15, 0.2) is 48.5 Å². The van der Waals surface area contributed by atoms with Crippen molar-refractivity contribution in [2.75, 3.05) is 12.4 Å². The van der Waals surface area contributed by atoms with Crippen LogP contribution in [0.3, 0.4) is 0 Å². The van der Waals surface area contributed by atoms with E-state index in [2.05, 4.69) is 22.5 Å². The molecule has 0 aliphatic rings. The predicted octanol–water partition coefficient (Wildman–Crippen LogP) is 5.24. The fourth-order valence-corrected chi connectivity index (χ4v) is 3.31. The van der Waals surface area contributed by atoms with E-state index in [0.29, 0.717) is 18.1 Å². The summed E-state index contributed by atoms with van der Waals surface area (Å²) in [4.78, 5) is 26.1. The molecule has 1 unspecified atom stereocenters. The summed E-state index contributed by atoms with van der Waals surface area (Å²) in [7, 11) is 1.98. The molecule has 2 rings (SSSR count). The van der Waals surface area contributed by atoms with Gasteiger partial charge in [-0.15, -0.1) is 0 Å². The standard InChI is InChI=1S/C23H30ClN3O2/c1-4-5-6-22(17(2)28)27(3)16-19-9-13-21(14-10-19)26-23(29)25-15-18-7-11-20(24)12-8-18/h7-14,22H,4-6,15-16H2,1-3H3,(H2,25,26,29). The Labute approximate surface area is 178 Å². The second kappa shape index (κ2) is 11.6. The van der Waals surface area contributed by atoms with Gasteiger partial charge in [-0.1, -0.05) is 55.6 Å². The summed E-state index contributed by atoms with van der Waals surface area (Å²) in [5.74, 6) is 0.205. The van der Waals surface area contributed by atoms with Gasteiger partial charge in [0.1, 0.15) is 5.78 Å². The van der Waals surface area contributed by atoms with Crippen LogP contribution in [0.5, 0.6) is 0 Å². The summed E-state index contributed by atoms with van der Waals surface area (Å²) in [5.41, 5.74) is 2.80. The lowest BCUT2D eigenvalue weighted by molar-refractivity contribution is -0.122. The van der Waals surface area contributed by atoms with Crippen molar-refractivity contribution in [3.63, 3.8) is 0 Å². The molecule has 0 aliphatic heterocycles. The van der Waals surface area contributed by atoms with Crippen LogP contribution in [0.2, 0.25) is 5.02 Å². The first kappa shape index (κ1) is 22.9. The molecule has 2 aromatic rings. The normalized spacial score (nSPS) is 11.9. The SMILES string of the molecule is CCCCC(C(C)=O)N(C)Cc1ccc(NC(=O)NCc2ccc(Cl)cc2)cc1. The molecule has 6 heteroatoms. The van der Waals surface area contributed by atoms with Gasteiger partial charge in [-0.05, 0) is 55.8 Å². The topological polar surface area (TPSA) is 61.4 Å². The molecule has 156 valence electrons. The number of amides is 2. The third-order valence-corrected chi connectivity index (χ3v) is 5.09. The fourth-order valence-electron chi connectivity index (χ4n) is 3.18. The van der Waals surface area contributed by atoms with E-state index in [1.54, 1.807) is 19.1 Å². The van der Waals surface area contributed by atoms with E-state index in [-0.39, 0.29) is 17.9 Å². The van der Waals surface area contributed by atoms with E-state index in [1.807, 2.05) is 43.4 Å². The molecular weight excluding hydrogens is 386 g/mol. The van der Waals surface area contributed by atoms with Crippen molar-refractivity contribution >= 4 is 29.1 Å². The Morgan fingerprint density at radius 3 is 2.24 bits per heavy atom. The van der Waals surface area contributed by atoms with Crippen molar-refractivity contribution in [1.82, 2.24) is 10.2 Å². The van der Waals surface area contributed by atoms with Crippen molar-refractivity contribution < 1.29 is 9.59 Å². The number of hydrogen-bond donors (Lipinski definition) is 2. The summed E-state index contributed by atoms with van der Waals surface area (Å²) in [6.07, 6.45) is 3.01. The van der Waals surface area contributed by atoms with Gasteiger partial charge in [-0.25, -0.2) is 4.79 Å². The Kier molecular flexibility index (Phi) is 9.16. The number of carbonyl (C=O) groups excluding carboxylic acids is 2. The van der Waals surface area contributed by atoms with Gasteiger partial charge in [-0.2, -0.15) is 0 Å². The van der Waals surface area contributed by atoms with Gasteiger partial charge in [0.2, 0.25) is 0 Å². The van der Waals surface area contributed by atoms with E-state index in [1.165, 1.54) is 0 Å². The minimum absolute atomic E-state index is 0.0496. The first-order valence-corrected chi connectivity index (χ1v) is 10.4. The van der Waals surface area contributed by atoms with E-state index in [0.717, 1.165) is 36.1 Å². The molecule has 0 saturated heterocycles. The Hall–Kier alpha value is -2.37. The zero-order chi connectivity index (χ0) is 21.2. The molecule has 1 atom stereocenters. The van der Waals surface area contributed by atoms with Gasteiger partial charge < -0.3 is 10.6 Å². The number of benzene rings is 2. The summed E-state index contributed by atoms with van der Waals surface area (Å²) in [6.45, 7) is 4.91. The third-order valence-electron chi connectivity index (χ3n) is 4.84. The molecular formula is C23H30ClN3O2. The Morgan fingerprint density at radius 2 is 1.66 bits per heavy atom. The molecule has 0 saturated carbocycles. The first-order chi connectivity index (χ1) is 13.9. The Bertz CT molecular complexity index is 791. The van der Waals surface area contributed by atoms with E-state index >= 15 is 0 Å². The Balaban J connectivity index is 1.84. The van der Waals surface area contributed by atoms with Crippen molar-refractivity contribution in [3.05, 3.63) is 64.7 Å². The lowest BCUT2D eigenvalue weighted by Gasteiger charge is -2.26. The quantitative estimate of drug-likeness (QED) is 0.557. The number of unbranched alkanes of at least 4 members (excludes halogenated alkanes) is 1. The summed E-state index contributed by atoms with van der Waals surface area (Å²) >= 11 is 5.86. The molecule has 2 aromatic carbocycles. The molecule has 0 fully saturated rings. The molecule has 2 amide bonds. The number of anilines is 1. The number of hydrogen-bond acceptors (Lipinski definition) is 3. The van der Waals surface area contributed by atoms with Gasteiger partial charge in [-0.3, -0.25) is 9.69 Å². The molecule has 0 radical (unpaired) electrons. The zero-order valence-corrected chi connectivity index (χ0v) is 18.1. The smallest absolute Gasteiger partial charge is 0.319 e. The minimum atomic E-state index is -0.263. The summed E-state index contributed by atoms with van der Waals surface area (Å²) in [6, 6.07) is 14.7.